The van der Waals surface area contributed by atoms with Gasteiger partial charge < -0.3 is 8.83 Å². The molecule has 472 valence electrons. The minimum absolute atomic E-state index is 0.191. The van der Waals surface area contributed by atoms with Gasteiger partial charge in [-0.3, -0.25) is 0 Å². The van der Waals surface area contributed by atoms with Crippen molar-refractivity contribution in [2.75, 3.05) is 0 Å². The molecule has 0 spiro atoms. The van der Waals surface area contributed by atoms with Crippen LogP contribution in [0.5, 0.6) is 0 Å². The summed E-state index contributed by atoms with van der Waals surface area (Å²) in [5.41, 5.74) is 10.7. The zero-order chi connectivity index (χ0) is 80.9. The van der Waals surface area contributed by atoms with Crippen LogP contribution in [0.3, 0.4) is 0 Å². The highest BCUT2D eigenvalue weighted by Crippen LogP contribution is 2.49. The van der Waals surface area contributed by atoms with Crippen molar-refractivity contribution in [1.29, 1.82) is 0 Å². The van der Waals surface area contributed by atoms with E-state index < -0.39 is 48.3 Å². The van der Waals surface area contributed by atoms with Crippen molar-refractivity contribution in [3.63, 3.8) is 0 Å². The summed E-state index contributed by atoms with van der Waals surface area (Å²) in [5.74, 6) is 0. The lowest BCUT2D eigenvalue weighted by Gasteiger charge is -2.19. The van der Waals surface area contributed by atoms with Crippen molar-refractivity contribution in [1.82, 2.24) is 0 Å². The monoisotopic (exact) mass is 1310 g/mol. The molecule has 0 aliphatic rings. The molecule has 0 atom stereocenters. The number of benzene rings is 20. The molecule has 2 aromatic heterocycles. The second-order valence-electron chi connectivity index (χ2n) is 26.0. The first-order chi connectivity index (χ1) is 57.2. The van der Waals surface area contributed by atoms with Gasteiger partial charge in [-0.25, -0.2) is 0 Å². The van der Waals surface area contributed by atoms with Gasteiger partial charge in [-0.15, -0.1) is 0 Å². The minimum atomic E-state index is -0.425. The molecule has 0 fully saturated rings. The van der Waals surface area contributed by atoms with E-state index in [4.69, 9.17) is 19.8 Å². The Morgan fingerprint density at radius 2 is 0.461 bits per heavy atom. The summed E-state index contributed by atoms with van der Waals surface area (Å²) >= 11 is 0. The molecule has 0 bridgehead atoms. The van der Waals surface area contributed by atoms with Gasteiger partial charge in [0.1, 0.15) is 22.3 Å². The fraction of sp³-hybridized carbons (Fsp3) is 0. The first kappa shape index (κ1) is 43.8. The molecule has 102 heavy (non-hydrogen) atoms. The zero-order valence-electron chi connectivity index (χ0n) is 70.2. The lowest BCUT2D eigenvalue weighted by Crippen LogP contribution is -1.91. The van der Waals surface area contributed by atoms with E-state index in [-0.39, 0.29) is 91.4 Å². The molecule has 2 heterocycles. The van der Waals surface area contributed by atoms with E-state index in [0.29, 0.717) is 44.5 Å². The van der Waals surface area contributed by atoms with Crippen LogP contribution in [0.4, 0.5) is 0 Å². The van der Waals surface area contributed by atoms with Crippen LogP contribution in [-0.4, -0.2) is 0 Å². The van der Waals surface area contributed by atoms with Gasteiger partial charge in [0, 0.05) is 32.7 Å². The molecule has 22 rings (SSSR count). The number of rotatable bonds is 6. The Morgan fingerprint density at radius 1 is 0.186 bits per heavy atom. The third-order valence-electron chi connectivity index (χ3n) is 20.5. The quantitative estimate of drug-likeness (QED) is 0.155. The Morgan fingerprint density at radius 3 is 0.882 bits per heavy atom. The molecule has 2 nitrogen and oxygen atoms in total. The normalized spacial score (nSPS) is 14.1. The first-order valence-electron chi connectivity index (χ1n) is 41.9. The van der Waals surface area contributed by atoms with Crippen LogP contribution >= 0.6 is 0 Å². The van der Waals surface area contributed by atoms with Crippen LogP contribution in [0.15, 0.2) is 372 Å². The maximum Gasteiger partial charge on any atom is 0.143 e. The average molecular weight is 1310 g/mol. The standard InChI is InChI=1S/2C50H30O/c1-3-14-37-31(11-1)13-9-21-40(37)48-43-18-7-5-16-41(43)47(42-17-6-8-19-44(42)48)36-26-24-33-29-35(25-23-34(33)30-36)39-20-10-22-45-49-38-15-4-2-12-32(38)27-28-46(49)51-50(39)45;1-2-12-33-29-37(24-20-31(33)10-1)47-41-14-5-7-16-43(41)48(44-17-8-6-15-42(44)47)38-25-22-34-28-36(23-21-35(34)30-38)40-18-9-19-45-49-39-13-4-3-11-32(39)26-27-46(49)51-50(40)45/h2*1-30H/i5D,6D,7D,8D,16D,17D,18D,19D;5D,6D,7D,8D,14D,15D,16D,17D. The van der Waals surface area contributed by atoms with Gasteiger partial charge >= 0.3 is 0 Å². The van der Waals surface area contributed by atoms with Crippen molar-refractivity contribution in [2.45, 2.75) is 0 Å². The molecular formula is C100H60O2. The third kappa shape index (κ3) is 9.13. The fourth-order valence-corrected chi connectivity index (χ4v) is 15.9. The summed E-state index contributed by atoms with van der Waals surface area (Å²) in [6.45, 7) is 0. The Bertz CT molecular complexity index is 8120. The molecule has 0 unspecified atom stereocenters. The second kappa shape index (κ2) is 23.1. The highest BCUT2D eigenvalue weighted by atomic mass is 16.3. The molecule has 0 N–H and O–H groups in total. The maximum absolute atomic E-state index is 9.38. The van der Waals surface area contributed by atoms with E-state index in [1.165, 1.54) is 0 Å². The molecule has 22 aromatic rings. The van der Waals surface area contributed by atoms with Gasteiger partial charge in [-0.05, 0) is 206 Å². The Kier molecular flexibility index (Phi) is 9.92. The number of para-hydroxylation sites is 2. The van der Waals surface area contributed by atoms with E-state index in [2.05, 4.69) is 72.8 Å². The Labute approximate surface area is 609 Å². The van der Waals surface area contributed by atoms with Crippen LogP contribution < -0.4 is 0 Å². The summed E-state index contributed by atoms with van der Waals surface area (Å²) in [4.78, 5) is 0. The van der Waals surface area contributed by atoms with Crippen LogP contribution in [0.1, 0.15) is 21.9 Å². The van der Waals surface area contributed by atoms with E-state index >= 15 is 0 Å². The van der Waals surface area contributed by atoms with Crippen molar-refractivity contribution < 1.29 is 30.8 Å². The third-order valence-corrected chi connectivity index (χ3v) is 20.5. The summed E-state index contributed by atoms with van der Waals surface area (Å²) in [7, 11) is 0. The van der Waals surface area contributed by atoms with Crippen LogP contribution in [0, 0.1) is 0 Å². The van der Waals surface area contributed by atoms with E-state index in [1.807, 2.05) is 194 Å². The van der Waals surface area contributed by atoms with Gasteiger partial charge in [-0.2, -0.15) is 0 Å². The molecule has 0 aliphatic heterocycles. The highest BCUT2D eigenvalue weighted by molar-refractivity contribution is 6.27. The Balaban J connectivity index is 0.000000147. The molecule has 0 radical (unpaired) electrons. The topological polar surface area (TPSA) is 26.3 Å². The largest absolute Gasteiger partial charge is 0.455 e. The van der Waals surface area contributed by atoms with Crippen LogP contribution in [0.25, 0.3) is 218 Å². The van der Waals surface area contributed by atoms with Crippen molar-refractivity contribution >= 4 is 152 Å². The second-order valence-corrected chi connectivity index (χ2v) is 26.0. The minimum Gasteiger partial charge on any atom is -0.455 e. The SMILES string of the molecule is [2H]c1c([2H])c([2H])c2c(-c3ccc4cc(-c5cccc6c5oc5ccc7ccccc7c56)ccc4c3)c3c([2H])c([2H])c([2H])c([2H])c3c(-c3ccc4ccccc4c3)c2c1[2H].[2H]c1c([2H])c([2H])c2c(-c3cccc4ccccc34)c3c([2H])c([2H])c([2H])c([2H])c3c(-c3ccc4cc(-c5cccc6c5oc5ccc7ccccc7c56)ccc4c3)c2c1[2H]. The summed E-state index contributed by atoms with van der Waals surface area (Å²) < 4.78 is 158. The Hall–Kier alpha value is -13.4. The molecular weight excluding hydrogens is 1230 g/mol. The lowest BCUT2D eigenvalue weighted by atomic mass is 9.84. The number of fused-ring (bicyclic) bond motifs is 18. The zero-order valence-corrected chi connectivity index (χ0v) is 54.2. The van der Waals surface area contributed by atoms with Gasteiger partial charge in [0.15, 0.2) is 0 Å². The molecule has 0 aliphatic carbocycles. The fourth-order valence-electron chi connectivity index (χ4n) is 15.9. The maximum atomic E-state index is 9.38. The number of hydrogen-bond donors (Lipinski definition) is 0. The van der Waals surface area contributed by atoms with Crippen molar-refractivity contribution in [2.24, 2.45) is 0 Å². The molecule has 0 saturated carbocycles. The molecule has 0 amide bonds. The van der Waals surface area contributed by atoms with Crippen molar-refractivity contribution in [3.8, 4) is 66.8 Å². The predicted octanol–water partition coefficient (Wildman–Crippen LogP) is 28.7. The summed E-state index contributed by atoms with van der Waals surface area (Å²) in [6.07, 6.45) is 0. The van der Waals surface area contributed by atoms with Gasteiger partial charge in [0.05, 0.1) is 21.9 Å². The van der Waals surface area contributed by atoms with Gasteiger partial charge in [0.2, 0.25) is 0 Å². The summed E-state index contributed by atoms with van der Waals surface area (Å²) in [6, 6.07) is 82.0. The van der Waals surface area contributed by atoms with Crippen LogP contribution in [0.2, 0.25) is 0 Å². The number of hydrogen-bond acceptors (Lipinski definition) is 2. The molecule has 20 aromatic carbocycles. The van der Waals surface area contributed by atoms with Crippen LogP contribution in [-0.2, 0) is 0 Å². The first-order valence-corrected chi connectivity index (χ1v) is 33.9. The number of furan rings is 2. The average Bonchev–Trinajstić information content (AvgIpc) is 1.70. The van der Waals surface area contributed by atoms with E-state index in [0.717, 1.165) is 131 Å². The summed E-state index contributed by atoms with van der Waals surface area (Å²) in [5, 5.41) is 17.3. The smallest absolute Gasteiger partial charge is 0.143 e. The predicted molar refractivity (Wildman–Crippen MR) is 435 cm³/mol. The van der Waals surface area contributed by atoms with Gasteiger partial charge in [-0.1, -0.05) is 321 Å². The van der Waals surface area contributed by atoms with Crippen molar-refractivity contribution in [3.05, 3.63) is 364 Å². The lowest BCUT2D eigenvalue weighted by molar-refractivity contribution is 0.670. The highest BCUT2D eigenvalue weighted by Gasteiger charge is 2.22. The van der Waals surface area contributed by atoms with E-state index in [1.54, 1.807) is 0 Å². The molecule has 2 heteroatoms. The molecule has 0 saturated heterocycles. The van der Waals surface area contributed by atoms with Gasteiger partial charge in [0.25, 0.3) is 0 Å². The van der Waals surface area contributed by atoms with E-state index in [9.17, 15) is 11.0 Å².